The molecule has 166 valence electrons. The van der Waals surface area contributed by atoms with Crippen molar-refractivity contribution in [3.63, 3.8) is 0 Å². The van der Waals surface area contributed by atoms with E-state index in [-0.39, 0.29) is 5.91 Å². The van der Waals surface area contributed by atoms with Crippen LogP contribution in [0.5, 0.6) is 0 Å². The molecule has 1 amide bonds. The molecule has 0 aliphatic rings. The Bertz CT molecular complexity index is 1290. The van der Waals surface area contributed by atoms with Gasteiger partial charge in [-0.25, -0.2) is 9.97 Å². The van der Waals surface area contributed by atoms with Crippen LogP contribution in [0.15, 0.2) is 66.9 Å². The van der Waals surface area contributed by atoms with Crippen molar-refractivity contribution in [1.29, 1.82) is 5.26 Å². The zero-order valence-electron chi connectivity index (χ0n) is 18.8. The summed E-state index contributed by atoms with van der Waals surface area (Å²) in [5.41, 5.74) is 3.87. The van der Waals surface area contributed by atoms with Gasteiger partial charge in [-0.3, -0.25) is 9.69 Å². The van der Waals surface area contributed by atoms with Crippen LogP contribution in [0.2, 0.25) is 0 Å². The molecule has 2 aromatic heterocycles. The molecule has 0 aliphatic carbocycles. The number of anilines is 2. The highest BCUT2D eigenvalue weighted by Gasteiger charge is 2.19. The highest BCUT2D eigenvalue weighted by atomic mass is 16.2. The van der Waals surface area contributed by atoms with Gasteiger partial charge in [-0.15, -0.1) is 0 Å². The first-order chi connectivity index (χ1) is 16.1. The van der Waals surface area contributed by atoms with Gasteiger partial charge in [-0.05, 0) is 61.0 Å². The Morgan fingerprint density at radius 2 is 1.97 bits per heavy atom. The molecule has 0 fully saturated rings. The van der Waals surface area contributed by atoms with Crippen LogP contribution in [-0.4, -0.2) is 27.0 Å². The summed E-state index contributed by atoms with van der Waals surface area (Å²) in [4.78, 5) is 24.2. The molecule has 0 saturated heterocycles. The van der Waals surface area contributed by atoms with Crippen LogP contribution in [-0.2, 0) is 13.6 Å². The Balaban J connectivity index is 1.57. The maximum absolute atomic E-state index is 13.4. The maximum atomic E-state index is 13.4. The number of carbonyl (C=O) groups is 1. The average molecular weight is 439 g/mol. The number of pyridine rings is 1. The van der Waals surface area contributed by atoms with E-state index in [0.717, 1.165) is 35.4 Å². The van der Waals surface area contributed by atoms with Crippen LogP contribution in [0.3, 0.4) is 0 Å². The number of nitriles is 1. The van der Waals surface area contributed by atoms with Crippen LogP contribution >= 0.6 is 0 Å². The number of hydrogen-bond acceptors (Lipinski definition) is 5. The Kier molecular flexibility index (Phi) is 6.65. The van der Waals surface area contributed by atoms with E-state index < -0.39 is 0 Å². The van der Waals surface area contributed by atoms with E-state index in [1.54, 1.807) is 23.2 Å². The van der Waals surface area contributed by atoms with Gasteiger partial charge in [0, 0.05) is 31.0 Å². The largest absolute Gasteiger partial charge is 0.378 e. The summed E-state index contributed by atoms with van der Waals surface area (Å²) >= 11 is 0. The second kappa shape index (κ2) is 9.96. The third-order valence-corrected chi connectivity index (χ3v) is 5.59. The lowest BCUT2D eigenvalue weighted by Gasteiger charge is -2.21. The SMILES string of the molecule is CCCCN(C(=O)c1ccc2c(c1)nc(CNc1ccc(C#N)cc1)n2C)c1ccccn1. The van der Waals surface area contributed by atoms with Crippen LogP contribution in [0.25, 0.3) is 11.0 Å². The quantitative estimate of drug-likeness (QED) is 0.423. The maximum Gasteiger partial charge on any atom is 0.259 e. The third kappa shape index (κ3) is 4.85. The molecule has 0 unspecified atom stereocenters. The van der Waals surface area contributed by atoms with E-state index in [2.05, 4.69) is 23.3 Å². The highest BCUT2D eigenvalue weighted by Crippen LogP contribution is 2.21. The fourth-order valence-electron chi connectivity index (χ4n) is 3.69. The van der Waals surface area contributed by atoms with Gasteiger partial charge in [0.1, 0.15) is 11.6 Å². The molecule has 7 heteroatoms. The Hall–Kier alpha value is -4.18. The van der Waals surface area contributed by atoms with Gasteiger partial charge in [0.15, 0.2) is 0 Å². The van der Waals surface area contributed by atoms with Gasteiger partial charge in [0.25, 0.3) is 5.91 Å². The van der Waals surface area contributed by atoms with E-state index >= 15 is 0 Å². The molecule has 0 bridgehead atoms. The molecule has 33 heavy (non-hydrogen) atoms. The topological polar surface area (TPSA) is 86.8 Å². The number of benzene rings is 2. The summed E-state index contributed by atoms with van der Waals surface area (Å²) in [7, 11) is 1.97. The number of imidazole rings is 1. The van der Waals surface area contributed by atoms with Gasteiger partial charge in [0.05, 0.1) is 29.2 Å². The summed E-state index contributed by atoms with van der Waals surface area (Å²) < 4.78 is 2.02. The molecule has 0 radical (unpaired) electrons. The molecule has 2 aromatic carbocycles. The molecule has 1 N–H and O–H groups in total. The van der Waals surface area contributed by atoms with Gasteiger partial charge >= 0.3 is 0 Å². The minimum atomic E-state index is -0.0769. The summed E-state index contributed by atoms with van der Waals surface area (Å²) in [6.07, 6.45) is 3.60. The molecule has 0 aliphatic heterocycles. The van der Waals surface area contributed by atoms with Crippen molar-refractivity contribution in [3.05, 3.63) is 83.8 Å². The van der Waals surface area contributed by atoms with Gasteiger partial charge in [-0.2, -0.15) is 5.26 Å². The molecule has 7 nitrogen and oxygen atoms in total. The summed E-state index contributed by atoms with van der Waals surface area (Å²) in [6, 6.07) is 20.7. The number of unbranched alkanes of at least 4 members (excludes halogenated alkanes) is 1. The number of carbonyl (C=O) groups excluding carboxylic acids is 1. The van der Waals surface area contributed by atoms with Crippen molar-refractivity contribution in [1.82, 2.24) is 14.5 Å². The lowest BCUT2D eigenvalue weighted by atomic mass is 10.1. The van der Waals surface area contributed by atoms with Crippen molar-refractivity contribution in [3.8, 4) is 6.07 Å². The highest BCUT2D eigenvalue weighted by molar-refractivity contribution is 6.07. The second-order valence-electron chi connectivity index (χ2n) is 7.83. The Morgan fingerprint density at radius 1 is 1.15 bits per heavy atom. The van der Waals surface area contributed by atoms with Gasteiger partial charge < -0.3 is 9.88 Å². The molecule has 2 heterocycles. The number of rotatable bonds is 8. The smallest absolute Gasteiger partial charge is 0.259 e. The molecular weight excluding hydrogens is 412 g/mol. The first-order valence-electron chi connectivity index (χ1n) is 11.0. The van der Waals surface area contributed by atoms with Crippen LogP contribution in [0.4, 0.5) is 11.5 Å². The van der Waals surface area contributed by atoms with Crippen LogP contribution < -0.4 is 10.2 Å². The summed E-state index contributed by atoms with van der Waals surface area (Å²) in [5.74, 6) is 1.43. The normalized spacial score (nSPS) is 10.7. The number of aryl methyl sites for hydroxylation is 1. The van der Waals surface area contributed by atoms with Crippen LogP contribution in [0.1, 0.15) is 41.5 Å². The molecule has 4 aromatic rings. The predicted octanol–water partition coefficient (Wildman–Crippen LogP) is 4.90. The van der Waals surface area contributed by atoms with Gasteiger partial charge in [0.2, 0.25) is 0 Å². The van der Waals surface area contributed by atoms with E-state index in [1.807, 2.05) is 60.1 Å². The number of fused-ring (bicyclic) bond motifs is 1. The zero-order chi connectivity index (χ0) is 23.2. The summed E-state index contributed by atoms with van der Waals surface area (Å²) in [5, 5.41) is 12.3. The molecular formula is C26H26N6O. The predicted molar refractivity (Wildman–Crippen MR) is 130 cm³/mol. The fourth-order valence-corrected chi connectivity index (χ4v) is 3.69. The van der Waals surface area contributed by atoms with Gasteiger partial charge in [-0.1, -0.05) is 19.4 Å². The van der Waals surface area contributed by atoms with Crippen LogP contribution in [0, 0.1) is 11.3 Å². The zero-order valence-corrected chi connectivity index (χ0v) is 18.8. The molecule has 4 rings (SSSR count). The summed E-state index contributed by atoms with van der Waals surface area (Å²) in [6.45, 7) is 3.25. The van der Waals surface area contributed by atoms with Crippen molar-refractivity contribution >= 4 is 28.4 Å². The van der Waals surface area contributed by atoms with E-state index in [9.17, 15) is 4.79 Å². The van der Waals surface area contributed by atoms with Crippen molar-refractivity contribution in [2.24, 2.45) is 7.05 Å². The fraction of sp³-hybridized carbons (Fsp3) is 0.231. The minimum Gasteiger partial charge on any atom is -0.378 e. The lowest BCUT2D eigenvalue weighted by Crippen LogP contribution is -2.32. The number of nitrogens with zero attached hydrogens (tertiary/aromatic N) is 5. The van der Waals surface area contributed by atoms with E-state index in [4.69, 9.17) is 10.2 Å². The Morgan fingerprint density at radius 3 is 2.67 bits per heavy atom. The third-order valence-electron chi connectivity index (χ3n) is 5.59. The molecule has 0 spiro atoms. The number of hydrogen-bond donors (Lipinski definition) is 1. The minimum absolute atomic E-state index is 0.0769. The Labute approximate surface area is 193 Å². The van der Waals surface area contributed by atoms with Crippen molar-refractivity contribution in [2.75, 3.05) is 16.8 Å². The first kappa shape index (κ1) is 22.0. The number of aromatic nitrogens is 3. The van der Waals surface area contributed by atoms with E-state index in [0.29, 0.717) is 30.0 Å². The van der Waals surface area contributed by atoms with E-state index in [1.165, 1.54) is 0 Å². The molecule has 0 atom stereocenters. The standard InChI is InChI=1S/C26H26N6O/c1-3-4-15-32(24-7-5-6-14-28-24)26(33)20-10-13-23-22(16-20)30-25(31(23)2)18-29-21-11-8-19(17-27)9-12-21/h5-14,16,29H,3-4,15,18H2,1-2H3. The number of nitrogens with one attached hydrogen (secondary N) is 1. The lowest BCUT2D eigenvalue weighted by molar-refractivity contribution is 0.0986. The average Bonchev–Trinajstić information content (AvgIpc) is 3.18. The van der Waals surface area contributed by atoms with Crippen molar-refractivity contribution in [2.45, 2.75) is 26.3 Å². The number of amides is 1. The van der Waals surface area contributed by atoms with Crippen molar-refractivity contribution < 1.29 is 4.79 Å². The second-order valence-corrected chi connectivity index (χ2v) is 7.83. The first-order valence-corrected chi connectivity index (χ1v) is 11.0. The molecule has 0 saturated carbocycles. The monoisotopic (exact) mass is 438 g/mol.